The van der Waals surface area contributed by atoms with Gasteiger partial charge in [-0.25, -0.2) is 0 Å². The minimum atomic E-state index is -0.397. The van der Waals surface area contributed by atoms with Crippen molar-refractivity contribution in [1.29, 1.82) is 0 Å². The standard InChI is InChI=1S/C21H19N3O2S/c22-13-5-1-2-6-15-9-11-17(12-10-15)23-21(27)24-20(25)19-14-16-7-3-4-8-18(16)26-19/h3-4,7-12,14H,1,5,13,22H2,(H2,23,24,25,27). The Kier molecular flexibility index (Phi) is 6.21. The molecule has 0 spiro atoms. The average molecular weight is 377 g/mol. The van der Waals surface area contributed by atoms with Gasteiger partial charge in [-0.2, -0.15) is 0 Å². The number of hydrogen-bond acceptors (Lipinski definition) is 4. The van der Waals surface area contributed by atoms with Gasteiger partial charge in [-0.05, 0) is 61.6 Å². The number of amides is 1. The highest BCUT2D eigenvalue weighted by molar-refractivity contribution is 7.80. The van der Waals surface area contributed by atoms with Crippen molar-refractivity contribution >= 4 is 39.9 Å². The lowest BCUT2D eigenvalue weighted by molar-refractivity contribution is 0.0953. The third-order valence-electron chi connectivity index (χ3n) is 3.76. The van der Waals surface area contributed by atoms with Crippen LogP contribution in [-0.4, -0.2) is 17.6 Å². The maximum atomic E-state index is 12.3. The molecule has 0 bridgehead atoms. The van der Waals surface area contributed by atoms with Crippen molar-refractivity contribution in [3.05, 3.63) is 65.9 Å². The van der Waals surface area contributed by atoms with E-state index in [9.17, 15) is 4.79 Å². The van der Waals surface area contributed by atoms with Crippen molar-refractivity contribution in [1.82, 2.24) is 5.32 Å². The molecule has 3 rings (SSSR count). The Morgan fingerprint density at radius 1 is 1.15 bits per heavy atom. The van der Waals surface area contributed by atoms with E-state index in [1.54, 1.807) is 6.07 Å². The van der Waals surface area contributed by atoms with Crippen LogP contribution in [0.3, 0.4) is 0 Å². The van der Waals surface area contributed by atoms with Gasteiger partial charge >= 0.3 is 0 Å². The van der Waals surface area contributed by atoms with Crippen molar-refractivity contribution in [2.24, 2.45) is 5.73 Å². The fraction of sp³-hybridized carbons (Fsp3) is 0.143. The van der Waals surface area contributed by atoms with E-state index in [1.165, 1.54) is 0 Å². The van der Waals surface area contributed by atoms with Crippen molar-refractivity contribution in [3.8, 4) is 11.8 Å². The molecule has 0 aliphatic carbocycles. The Hall–Kier alpha value is -3.14. The summed E-state index contributed by atoms with van der Waals surface area (Å²) in [5.41, 5.74) is 7.77. The van der Waals surface area contributed by atoms with Crippen LogP contribution in [0.15, 0.2) is 59.0 Å². The summed E-state index contributed by atoms with van der Waals surface area (Å²) in [7, 11) is 0. The second-order valence-corrected chi connectivity index (χ2v) is 6.24. The second kappa shape index (κ2) is 8.99. The van der Waals surface area contributed by atoms with Gasteiger partial charge in [-0.1, -0.05) is 30.0 Å². The molecule has 136 valence electrons. The number of unbranched alkanes of at least 4 members (excludes halogenated alkanes) is 1. The molecule has 0 atom stereocenters. The van der Waals surface area contributed by atoms with E-state index >= 15 is 0 Å². The van der Waals surface area contributed by atoms with Gasteiger partial charge in [0.2, 0.25) is 0 Å². The van der Waals surface area contributed by atoms with Crippen LogP contribution in [0.4, 0.5) is 5.69 Å². The molecule has 3 aromatic rings. The molecule has 0 saturated carbocycles. The molecule has 0 aliphatic heterocycles. The number of carbonyl (C=O) groups is 1. The summed E-state index contributed by atoms with van der Waals surface area (Å²) in [6.45, 7) is 0.648. The Labute approximate surface area is 162 Å². The average Bonchev–Trinajstić information content (AvgIpc) is 3.11. The van der Waals surface area contributed by atoms with Crippen molar-refractivity contribution in [2.75, 3.05) is 11.9 Å². The molecule has 0 unspecified atom stereocenters. The van der Waals surface area contributed by atoms with E-state index in [0.717, 1.165) is 29.5 Å². The van der Waals surface area contributed by atoms with E-state index < -0.39 is 5.91 Å². The fourth-order valence-electron chi connectivity index (χ4n) is 2.41. The quantitative estimate of drug-likeness (QED) is 0.367. The molecule has 27 heavy (non-hydrogen) atoms. The summed E-state index contributed by atoms with van der Waals surface area (Å²) in [6.07, 6.45) is 1.68. The molecular weight excluding hydrogens is 358 g/mol. The first-order chi connectivity index (χ1) is 13.2. The van der Waals surface area contributed by atoms with Crippen molar-refractivity contribution in [3.63, 3.8) is 0 Å². The van der Waals surface area contributed by atoms with Crippen LogP contribution in [0.25, 0.3) is 11.0 Å². The van der Waals surface area contributed by atoms with Gasteiger partial charge in [-0.15, -0.1) is 0 Å². The number of anilines is 1. The fourth-order valence-corrected chi connectivity index (χ4v) is 2.62. The lowest BCUT2D eigenvalue weighted by Gasteiger charge is -2.08. The van der Waals surface area contributed by atoms with Crippen LogP contribution in [-0.2, 0) is 0 Å². The summed E-state index contributed by atoms with van der Waals surface area (Å²) in [6, 6.07) is 16.6. The third-order valence-corrected chi connectivity index (χ3v) is 3.96. The van der Waals surface area contributed by atoms with Gasteiger partial charge in [0.25, 0.3) is 5.91 Å². The Bertz CT molecular complexity index is 980. The Morgan fingerprint density at radius 3 is 2.67 bits per heavy atom. The molecule has 0 saturated heterocycles. The van der Waals surface area contributed by atoms with E-state index in [4.69, 9.17) is 22.4 Å². The summed E-state index contributed by atoms with van der Waals surface area (Å²) in [5.74, 6) is 5.97. The number of carbonyl (C=O) groups excluding carboxylic acids is 1. The first kappa shape index (κ1) is 18.6. The maximum Gasteiger partial charge on any atom is 0.293 e. The van der Waals surface area contributed by atoms with E-state index in [1.807, 2.05) is 48.5 Å². The molecular formula is C21H19N3O2S. The number of furan rings is 1. The number of hydrogen-bond donors (Lipinski definition) is 3. The van der Waals surface area contributed by atoms with Crippen molar-refractivity contribution < 1.29 is 9.21 Å². The van der Waals surface area contributed by atoms with Gasteiger partial charge < -0.3 is 15.5 Å². The SMILES string of the molecule is NCCCC#Cc1ccc(NC(=S)NC(=O)c2cc3ccccc3o2)cc1. The number of nitrogens with one attached hydrogen (secondary N) is 2. The largest absolute Gasteiger partial charge is 0.451 e. The number of rotatable bonds is 4. The van der Waals surface area contributed by atoms with Crippen LogP contribution >= 0.6 is 12.2 Å². The predicted octanol–water partition coefficient (Wildman–Crippen LogP) is 3.65. The smallest absolute Gasteiger partial charge is 0.293 e. The highest BCUT2D eigenvalue weighted by atomic mass is 32.1. The van der Waals surface area contributed by atoms with Crippen molar-refractivity contribution in [2.45, 2.75) is 12.8 Å². The van der Waals surface area contributed by atoms with Crippen LogP contribution < -0.4 is 16.4 Å². The number of thiocarbonyl (C=S) groups is 1. The van der Waals surface area contributed by atoms with Crippen LogP contribution in [0.2, 0.25) is 0 Å². The first-order valence-corrected chi connectivity index (χ1v) is 8.96. The predicted molar refractivity (Wildman–Crippen MR) is 112 cm³/mol. The monoisotopic (exact) mass is 377 g/mol. The molecule has 0 aliphatic rings. The zero-order chi connectivity index (χ0) is 19.1. The molecule has 0 fully saturated rings. The molecule has 4 N–H and O–H groups in total. The number of para-hydroxylation sites is 1. The Balaban J connectivity index is 1.56. The highest BCUT2D eigenvalue weighted by Crippen LogP contribution is 2.18. The lowest BCUT2D eigenvalue weighted by atomic mass is 10.2. The number of fused-ring (bicyclic) bond motifs is 1. The van der Waals surface area contributed by atoms with Crippen LogP contribution in [0.1, 0.15) is 29.0 Å². The highest BCUT2D eigenvalue weighted by Gasteiger charge is 2.13. The third kappa shape index (κ3) is 5.17. The molecule has 2 aromatic carbocycles. The molecule has 6 heteroatoms. The van der Waals surface area contributed by atoms with Crippen LogP contribution in [0.5, 0.6) is 0 Å². The summed E-state index contributed by atoms with van der Waals surface area (Å²) >= 11 is 5.20. The van der Waals surface area contributed by atoms with Crippen LogP contribution in [0, 0.1) is 11.8 Å². The first-order valence-electron chi connectivity index (χ1n) is 8.55. The Morgan fingerprint density at radius 2 is 1.93 bits per heavy atom. The molecule has 1 aromatic heterocycles. The zero-order valence-electron chi connectivity index (χ0n) is 14.6. The van der Waals surface area contributed by atoms with E-state index in [0.29, 0.717) is 12.1 Å². The normalized spacial score (nSPS) is 10.1. The van der Waals surface area contributed by atoms with Gasteiger partial charge in [0, 0.05) is 23.1 Å². The van der Waals surface area contributed by atoms with E-state index in [-0.39, 0.29) is 10.9 Å². The van der Waals surface area contributed by atoms with Gasteiger partial charge in [0.15, 0.2) is 10.9 Å². The zero-order valence-corrected chi connectivity index (χ0v) is 15.4. The lowest BCUT2D eigenvalue weighted by Crippen LogP contribution is -2.33. The summed E-state index contributed by atoms with van der Waals surface area (Å²) < 4.78 is 5.53. The number of benzene rings is 2. The van der Waals surface area contributed by atoms with Gasteiger partial charge in [0.1, 0.15) is 5.58 Å². The molecule has 1 heterocycles. The van der Waals surface area contributed by atoms with Gasteiger partial charge in [-0.3, -0.25) is 10.1 Å². The minimum Gasteiger partial charge on any atom is -0.451 e. The molecule has 0 radical (unpaired) electrons. The minimum absolute atomic E-state index is 0.197. The second-order valence-electron chi connectivity index (χ2n) is 5.83. The summed E-state index contributed by atoms with van der Waals surface area (Å²) in [4.78, 5) is 12.3. The topological polar surface area (TPSA) is 80.3 Å². The molecule has 5 nitrogen and oxygen atoms in total. The maximum absolute atomic E-state index is 12.3. The van der Waals surface area contributed by atoms with Gasteiger partial charge in [0.05, 0.1) is 0 Å². The summed E-state index contributed by atoms with van der Waals surface area (Å²) in [5, 5.41) is 6.65. The number of nitrogens with two attached hydrogens (primary N) is 1. The molecule has 1 amide bonds. The van der Waals surface area contributed by atoms with E-state index in [2.05, 4.69) is 22.5 Å².